The average molecular weight is 182 g/mol. The number of aromatic nitrogens is 2. The number of amides is 2. The van der Waals surface area contributed by atoms with Crippen LogP contribution >= 0.6 is 0 Å². The second kappa shape index (κ2) is 3.05. The van der Waals surface area contributed by atoms with Gasteiger partial charge < -0.3 is 16.5 Å². The average Bonchev–Trinajstić information content (AvgIpc) is 2.03. The van der Waals surface area contributed by atoms with E-state index in [4.69, 9.17) is 11.5 Å². The fraction of sp³-hybridized carbons (Fsp3) is 0. The highest BCUT2D eigenvalue weighted by Crippen LogP contribution is 1.98. The number of H-pyrrole nitrogens is 1. The van der Waals surface area contributed by atoms with Gasteiger partial charge >= 0.3 is 5.69 Å². The molecular weight excluding hydrogens is 176 g/mol. The largest absolute Gasteiger partial charge is 0.365 e. The smallest absolute Gasteiger partial charge is 0.345 e. The van der Waals surface area contributed by atoms with Gasteiger partial charge in [0.1, 0.15) is 5.69 Å². The van der Waals surface area contributed by atoms with Crippen molar-refractivity contribution < 1.29 is 9.59 Å². The Labute approximate surface area is 71.8 Å². The molecule has 13 heavy (non-hydrogen) atoms. The zero-order valence-electron chi connectivity index (χ0n) is 6.40. The van der Waals surface area contributed by atoms with Gasteiger partial charge in [-0.1, -0.05) is 0 Å². The van der Waals surface area contributed by atoms with Gasteiger partial charge in [-0.05, 0) is 0 Å². The Morgan fingerprint density at radius 2 is 1.92 bits per heavy atom. The van der Waals surface area contributed by atoms with Crippen LogP contribution in [0.2, 0.25) is 0 Å². The first-order chi connectivity index (χ1) is 6.02. The summed E-state index contributed by atoms with van der Waals surface area (Å²) in [5.74, 6) is -1.81. The van der Waals surface area contributed by atoms with E-state index in [0.29, 0.717) is 0 Å². The molecule has 0 saturated heterocycles. The minimum atomic E-state index is -0.937. The van der Waals surface area contributed by atoms with Crippen LogP contribution in [-0.4, -0.2) is 21.8 Å². The quantitative estimate of drug-likeness (QED) is 0.486. The van der Waals surface area contributed by atoms with E-state index in [9.17, 15) is 14.4 Å². The van der Waals surface area contributed by atoms with Crippen molar-refractivity contribution >= 4 is 11.8 Å². The third kappa shape index (κ3) is 1.70. The summed E-state index contributed by atoms with van der Waals surface area (Å²) in [7, 11) is 0. The van der Waals surface area contributed by atoms with Crippen molar-refractivity contribution in [2.24, 2.45) is 11.5 Å². The Morgan fingerprint density at radius 1 is 1.31 bits per heavy atom. The summed E-state index contributed by atoms with van der Waals surface area (Å²) in [5, 5.41) is 0. The summed E-state index contributed by atoms with van der Waals surface area (Å²) < 4.78 is 0. The maximum atomic E-state index is 10.7. The van der Waals surface area contributed by atoms with Gasteiger partial charge in [-0.15, -0.1) is 0 Å². The molecule has 68 valence electrons. The highest BCUT2D eigenvalue weighted by molar-refractivity contribution is 6.04. The van der Waals surface area contributed by atoms with Gasteiger partial charge in [0.2, 0.25) is 0 Å². The number of primary amides is 2. The van der Waals surface area contributed by atoms with Crippen LogP contribution in [-0.2, 0) is 0 Å². The summed E-state index contributed by atoms with van der Waals surface area (Å²) in [4.78, 5) is 37.3. The van der Waals surface area contributed by atoms with Crippen LogP contribution in [0, 0.1) is 0 Å². The zero-order chi connectivity index (χ0) is 10.0. The monoisotopic (exact) mass is 182 g/mol. The molecule has 1 aromatic heterocycles. The molecule has 2 amide bonds. The van der Waals surface area contributed by atoms with Crippen molar-refractivity contribution in [2.45, 2.75) is 0 Å². The van der Waals surface area contributed by atoms with E-state index in [1.54, 1.807) is 0 Å². The Kier molecular flexibility index (Phi) is 2.09. The molecule has 7 nitrogen and oxygen atoms in total. The van der Waals surface area contributed by atoms with Crippen LogP contribution < -0.4 is 17.2 Å². The second-order valence-electron chi connectivity index (χ2n) is 2.21. The van der Waals surface area contributed by atoms with Crippen molar-refractivity contribution in [3.8, 4) is 0 Å². The fourth-order valence-electron chi connectivity index (χ4n) is 0.775. The number of nitrogens with one attached hydrogen (secondary N) is 1. The first kappa shape index (κ1) is 8.91. The maximum Gasteiger partial charge on any atom is 0.345 e. The predicted octanol–water partition coefficient (Wildman–Crippen LogP) is -2.03. The van der Waals surface area contributed by atoms with Gasteiger partial charge in [0.15, 0.2) is 0 Å². The minimum Gasteiger partial charge on any atom is -0.365 e. The van der Waals surface area contributed by atoms with Crippen LogP contribution in [0.15, 0.2) is 11.0 Å². The van der Waals surface area contributed by atoms with Gasteiger partial charge in [0, 0.05) is 6.20 Å². The number of aromatic amines is 1. The highest BCUT2D eigenvalue weighted by atomic mass is 16.2. The molecule has 1 rings (SSSR count). The molecule has 0 spiro atoms. The molecule has 0 aliphatic carbocycles. The van der Waals surface area contributed by atoms with E-state index in [2.05, 4.69) is 4.98 Å². The number of nitrogens with zero attached hydrogens (tertiary/aromatic N) is 1. The number of nitrogens with two attached hydrogens (primary N) is 2. The number of rotatable bonds is 2. The number of carbonyl (C=O) groups excluding carboxylic acids is 2. The van der Waals surface area contributed by atoms with Crippen molar-refractivity contribution in [2.75, 3.05) is 0 Å². The minimum absolute atomic E-state index is 0.202. The number of carbonyl (C=O) groups is 2. The lowest BCUT2D eigenvalue weighted by Crippen LogP contribution is -2.27. The van der Waals surface area contributed by atoms with Crippen LogP contribution in [0.5, 0.6) is 0 Å². The molecule has 0 aromatic carbocycles. The zero-order valence-corrected chi connectivity index (χ0v) is 6.40. The molecule has 0 saturated carbocycles. The number of hydrogen-bond acceptors (Lipinski definition) is 4. The van der Waals surface area contributed by atoms with E-state index in [1.165, 1.54) is 0 Å². The summed E-state index contributed by atoms with van der Waals surface area (Å²) in [6, 6.07) is 0. The molecule has 0 aliphatic rings. The van der Waals surface area contributed by atoms with Gasteiger partial charge in [-0.3, -0.25) is 9.59 Å². The fourth-order valence-corrected chi connectivity index (χ4v) is 0.775. The van der Waals surface area contributed by atoms with E-state index in [-0.39, 0.29) is 11.3 Å². The standard InChI is InChI=1S/C6H6N4O3/c7-4(11)2-1-9-6(13)10-3(2)5(8)12/h1H,(H2,7,11)(H2,8,12)(H,9,10,13). The lowest BCUT2D eigenvalue weighted by molar-refractivity contribution is 0.0962. The summed E-state index contributed by atoms with van der Waals surface area (Å²) >= 11 is 0. The van der Waals surface area contributed by atoms with Gasteiger partial charge in [0.25, 0.3) is 11.8 Å². The molecular formula is C6H6N4O3. The van der Waals surface area contributed by atoms with Crippen LogP contribution in [0.4, 0.5) is 0 Å². The summed E-state index contributed by atoms with van der Waals surface area (Å²) in [6.07, 6.45) is 0.904. The molecule has 5 N–H and O–H groups in total. The normalized spacial score (nSPS) is 9.54. The van der Waals surface area contributed by atoms with Crippen molar-refractivity contribution in [1.82, 2.24) is 9.97 Å². The van der Waals surface area contributed by atoms with Crippen LogP contribution in [0.3, 0.4) is 0 Å². The van der Waals surface area contributed by atoms with Crippen LogP contribution in [0.1, 0.15) is 20.8 Å². The molecule has 1 aromatic rings. The van der Waals surface area contributed by atoms with Gasteiger partial charge in [-0.2, -0.15) is 0 Å². The second-order valence-corrected chi connectivity index (χ2v) is 2.21. The summed E-state index contributed by atoms with van der Waals surface area (Å²) in [5.41, 5.74) is 8.48. The molecule has 0 atom stereocenters. The Bertz CT molecular complexity index is 422. The Hall–Kier alpha value is -2.18. The van der Waals surface area contributed by atoms with Crippen molar-refractivity contribution in [1.29, 1.82) is 0 Å². The molecule has 0 fully saturated rings. The summed E-state index contributed by atoms with van der Waals surface area (Å²) in [6.45, 7) is 0. The molecule has 0 aliphatic heterocycles. The molecule has 0 radical (unpaired) electrons. The molecule has 7 heteroatoms. The van der Waals surface area contributed by atoms with E-state index in [1.807, 2.05) is 4.98 Å². The van der Waals surface area contributed by atoms with Gasteiger partial charge in [-0.25, -0.2) is 9.78 Å². The molecule has 0 bridgehead atoms. The van der Waals surface area contributed by atoms with E-state index >= 15 is 0 Å². The first-order valence-corrected chi connectivity index (χ1v) is 3.21. The van der Waals surface area contributed by atoms with Gasteiger partial charge in [0.05, 0.1) is 5.56 Å². The lowest BCUT2D eigenvalue weighted by Gasteiger charge is -1.99. The third-order valence-corrected chi connectivity index (χ3v) is 1.32. The highest BCUT2D eigenvalue weighted by Gasteiger charge is 2.13. The van der Waals surface area contributed by atoms with Crippen molar-refractivity contribution in [3.05, 3.63) is 27.9 Å². The lowest BCUT2D eigenvalue weighted by atomic mass is 10.2. The molecule has 1 heterocycles. The first-order valence-electron chi connectivity index (χ1n) is 3.21. The number of hydrogen-bond donors (Lipinski definition) is 3. The SMILES string of the molecule is NC(=O)c1cnc(=O)[nH]c1C(N)=O. The Morgan fingerprint density at radius 3 is 2.38 bits per heavy atom. The topological polar surface area (TPSA) is 132 Å². The van der Waals surface area contributed by atoms with Crippen molar-refractivity contribution in [3.63, 3.8) is 0 Å². The van der Waals surface area contributed by atoms with E-state index < -0.39 is 17.5 Å². The predicted molar refractivity (Wildman–Crippen MR) is 41.9 cm³/mol. The molecule has 0 unspecified atom stereocenters. The third-order valence-electron chi connectivity index (χ3n) is 1.32. The maximum absolute atomic E-state index is 10.7. The van der Waals surface area contributed by atoms with Crippen LogP contribution in [0.25, 0.3) is 0 Å². The Balaban J connectivity index is 3.44. The van der Waals surface area contributed by atoms with E-state index in [0.717, 1.165) is 6.20 Å².